The average molecular weight is 381 g/mol. The second-order valence-electron chi connectivity index (χ2n) is 10.1. The summed E-state index contributed by atoms with van der Waals surface area (Å²) in [7, 11) is -6.19. The van der Waals surface area contributed by atoms with Gasteiger partial charge in [0.25, 0.3) is 0 Å². The highest BCUT2D eigenvalue weighted by atomic mass is 29.9. The molecule has 0 aromatic rings. The molecule has 0 aliphatic carbocycles. The molecule has 0 spiro atoms. The number of hydrogen-bond acceptors (Lipinski definition) is 2. The highest BCUT2D eigenvalue weighted by Gasteiger charge is 2.65. The van der Waals surface area contributed by atoms with Crippen LogP contribution in [-0.2, 0) is 8.54 Å². The predicted octanol–water partition coefficient (Wildman–Crippen LogP) is 5.33. The van der Waals surface area contributed by atoms with Gasteiger partial charge in [-0.1, -0.05) is 58.9 Å². The zero-order valence-electron chi connectivity index (χ0n) is 16.9. The first-order valence-corrected chi connectivity index (χ1v) is 26.5. The molecule has 0 aromatic heterocycles. The summed E-state index contributed by atoms with van der Waals surface area (Å²) in [5, 5.41) is 0. The third kappa shape index (κ3) is 4.99. The molecule has 0 heterocycles. The van der Waals surface area contributed by atoms with E-state index in [1.54, 1.807) is 0 Å². The van der Waals surface area contributed by atoms with Gasteiger partial charge in [-0.15, -0.1) is 0 Å². The van der Waals surface area contributed by atoms with Gasteiger partial charge in [0.05, 0.1) is 22.8 Å². The van der Waals surface area contributed by atoms with E-state index in [9.17, 15) is 0 Å². The van der Waals surface area contributed by atoms with Crippen molar-refractivity contribution in [2.24, 2.45) is 0 Å². The first kappa shape index (κ1) is 22.0. The minimum absolute atomic E-state index is 0.267. The fourth-order valence-electron chi connectivity index (χ4n) is 4.79. The molecule has 0 aliphatic heterocycles. The van der Waals surface area contributed by atoms with Gasteiger partial charge in [0.1, 0.15) is 6.87 Å². The third-order valence-corrected chi connectivity index (χ3v) is 76.9. The lowest BCUT2D eigenvalue weighted by atomic mass is 10.5. The fourth-order valence-corrected chi connectivity index (χ4v) is 115. The lowest BCUT2D eigenvalue weighted by molar-refractivity contribution is 0.190. The average Bonchev–Trinajstić information content (AvgIpc) is 2.05. The van der Waals surface area contributed by atoms with Crippen LogP contribution < -0.4 is 0 Å². The number of hydrogen-bond donors (Lipinski definition) is 0. The van der Waals surface area contributed by atoms with Gasteiger partial charge in [0.15, 0.2) is 0 Å². The Balaban J connectivity index is 6.08. The molecule has 128 valence electrons. The summed E-state index contributed by atoms with van der Waals surface area (Å²) in [5.41, 5.74) is 0. The van der Waals surface area contributed by atoms with Crippen molar-refractivity contribution in [3.05, 3.63) is 0 Å². The van der Waals surface area contributed by atoms with Gasteiger partial charge in [-0.3, -0.25) is 0 Å². The molecule has 0 saturated heterocycles. The molecule has 0 saturated carbocycles. The molecule has 0 bridgehead atoms. The van der Waals surface area contributed by atoms with Crippen molar-refractivity contribution in [1.29, 1.82) is 0 Å². The Morgan fingerprint density at radius 1 is 0.571 bits per heavy atom. The highest BCUT2D eigenvalue weighted by Crippen LogP contribution is 2.40. The molecule has 0 radical (unpaired) electrons. The van der Waals surface area contributed by atoms with E-state index in [1.165, 1.54) is 0 Å². The van der Waals surface area contributed by atoms with E-state index < -0.39 is 38.2 Å². The van der Waals surface area contributed by atoms with Crippen LogP contribution in [0.5, 0.6) is 0 Å². The summed E-state index contributed by atoms with van der Waals surface area (Å²) in [6.07, 6.45) is 0.267. The van der Waals surface area contributed by atoms with Crippen LogP contribution in [0.3, 0.4) is 0 Å². The monoisotopic (exact) mass is 380 g/mol. The summed E-state index contributed by atoms with van der Waals surface area (Å²) >= 11 is 0. The van der Waals surface area contributed by atoms with E-state index >= 15 is 0 Å². The molecule has 21 heavy (non-hydrogen) atoms. The van der Waals surface area contributed by atoms with E-state index in [-0.39, 0.29) is 6.10 Å². The number of rotatable bonds is 7. The van der Waals surface area contributed by atoms with Gasteiger partial charge < -0.3 is 8.54 Å². The molecule has 0 fully saturated rings. The van der Waals surface area contributed by atoms with Crippen LogP contribution in [0.15, 0.2) is 0 Å². The Hall–Kier alpha value is 1.00. The van der Waals surface area contributed by atoms with Crippen LogP contribution in [0.25, 0.3) is 0 Å². The van der Waals surface area contributed by atoms with Gasteiger partial charge in [-0.05, 0) is 26.9 Å². The van der Waals surface area contributed by atoms with Crippen LogP contribution in [0.2, 0.25) is 72.0 Å². The van der Waals surface area contributed by atoms with E-state index in [2.05, 4.69) is 85.9 Å². The molecular weight excluding hydrogens is 341 g/mol. The maximum atomic E-state index is 7.27. The Morgan fingerprint density at radius 3 is 1.05 bits per heavy atom. The quantitative estimate of drug-likeness (QED) is 0.556. The van der Waals surface area contributed by atoms with Crippen molar-refractivity contribution in [3.8, 4) is 0 Å². The van der Waals surface area contributed by atoms with E-state index in [4.69, 9.17) is 8.54 Å². The molecule has 0 aromatic carbocycles. The van der Waals surface area contributed by atoms with Crippen molar-refractivity contribution in [2.45, 2.75) is 92.0 Å². The van der Waals surface area contributed by atoms with Crippen LogP contribution in [0, 0.1) is 0 Å². The van der Waals surface area contributed by atoms with Crippen LogP contribution >= 0.6 is 0 Å². The topological polar surface area (TPSA) is 18.5 Å². The predicted molar refractivity (Wildman–Crippen MR) is 111 cm³/mol. The summed E-state index contributed by atoms with van der Waals surface area (Å²) in [6.45, 7) is 30.2. The smallest absolute Gasteiger partial charge is 0.321 e. The van der Waals surface area contributed by atoms with Crippen molar-refractivity contribution in [2.75, 3.05) is 0 Å². The Bertz CT molecular complexity index is 312. The first-order valence-electron chi connectivity index (χ1n) is 8.25. The van der Waals surface area contributed by atoms with Crippen molar-refractivity contribution >= 4 is 38.2 Å². The summed E-state index contributed by atoms with van der Waals surface area (Å²) in [5.74, 6) is 0. The zero-order valence-corrected chi connectivity index (χ0v) is 21.9. The fraction of sp³-hybridized carbons (Fsp3) is 1.00. The molecule has 0 aliphatic rings. The van der Waals surface area contributed by atoms with Crippen molar-refractivity contribution < 1.29 is 8.54 Å². The lowest BCUT2D eigenvalue weighted by Gasteiger charge is -2.58. The minimum atomic E-state index is -2.07. The van der Waals surface area contributed by atoms with E-state index in [0.717, 1.165) is 0 Å². The second-order valence-corrected chi connectivity index (χ2v) is 53.2. The van der Waals surface area contributed by atoms with Crippen LogP contribution in [0.4, 0.5) is 0 Å². The maximum Gasteiger partial charge on any atom is 0.321 e. The van der Waals surface area contributed by atoms with Crippen LogP contribution in [0.1, 0.15) is 13.8 Å². The molecule has 0 unspecified atom stereocenters. The summed E-state index contributed by atoms with van der Waals surface area (Å²) < 4.78 is 13.6. The highest BCUT2D eigenvalue weighted by molar-refractivity contribution is 7.87. The minimum Gasteiger partial charge on any atom is -0.443 e. The third-order valence-electron chi connectivity index (χ3n) is 4.09. The van der Waals surface area contributed by atoms with Gasteiger partial charge >= 0.3 is 8.56 Å². The maximum absolute atomic E-state index is 7.27. The summed E-state index contributed by atoms with van der Waals surface area (Å²) in [6, 6.07) is 0. The molecule has 0 amide bonds. The SMILES string of the molecule is CC(C)O[Si](C)(C)O[Si]([Si](C)(C)C)([Si](C)(C)C)[Si](C)(C)C. The van der Waals surface area contributed by atoms with Gasteiger partial charge in [0, 0.05) is 6.10 Å². The largest absolute Gasteiger partial charge is 0.443 e. The lowest BCUT2D eigenvalue weighted by Crippen LogP contribution is -2.86. The Kier molecular flexibility index (Phi) is 6.79. The molecule has 0 atom stereocenters. The molecule has 0 rings (SSSR count). The molecule has 7 heteroatoms. The molecule has 0 N–H and O–H groups in total. The zero-order chi connectivity index (χ0) is 17.5. The van der Waals surface area contributed by atoms with Crippen LogP contribution in [-0.4, -0.2) is 44.3 Å². The summed E-state index contributed by atoms with van der Waals surface area (Å²) in [4.78, 5) is 0. The normalized spacial score (nSPS) is 15.7. The second kappa shape index (κ2) is 6.48. The molecular formula is C14H40O2Si5. The van der Waals surface area contributed by atoms with Gasteiger partial charge in [-0.2, -0.15) is 0 Å². The van der Waals surface area contributed by atoms with Crippen molar-refractivity contribution in [1.82, 2.24) is 0 Å². The Labute approximate surface area is 138 Å². The van der Waals surface area contributed by atoms with E-state index in [1.807, 2.05) is 0 Å². The molecule has 2 nitrogen and oxygen atoms in total. The van der Waals surface area contributed by atoms with E-state index in [0.29, 0.717) is 0 Å². The van der Waals surface area contributed by atoms with Gasteiger partial charge in [0.2, 0.25) is 0 Å². The Morgan fingerprint density at radius 2 is 0.857 bits per heavy atom. The standard InChI is InChI=1S/C14H40O2Si5/c1-14(2)15-20(12,13)16-21(17(3,4)5,18(6,7)8)19(9,10)11/h14H,1-13H3. The van der Waals surface area contributed by atoms with Gasteiger partial charge in [-0.25, -0.2) is 0 Å². The van der Waals surface area contributed by atoms with Crippen molar-refractivity contribution in [3.63, 3.8) is 0 Å². The first-order chi connectivity index (χ1) is 8.87.